The standard InChI is InChI=1S/C11H17N3/c1-11(2,3)8-14-10-4-5-13-7-9(10)6-12/h7,14H,4-5,8H2,1-3H3. The highest BCUT2D eigenvalue weighted by Crippen LogP contribution is 2.14. The van der Waals surface area contributed by atoms with Crippen LogP contribution in [0.15, 0.2) is 16.3 Å². The summed E-state index contributed by atoms with van der Waals surface area (Å²) >= 11 is 0. The Kier molecular flexibility index (Phi) is 3.29. The fourth-order valence-corrected chi connectivity index (χ4v) is 1.20. The summed E-state index contributed by atoms with van der Waals surface area (Å²) in [5.41, 5.74) is 1.96. The Bertz CT molecular complexity index is 299. The van der Waals surface area contributed by atoms with Crippen LogP contribution in [0.5, 0.6) is 0 Å². The summed E-state index contributed by atoms with van der Waals surface area (Å²) in [6, 6.07) is 2.16. The van der Waals surface area contributed by atoms with E-state index in [-0.39, 0.29) is 5.41 Å². The van der Waals surface area contributed by atoms with Crippen molar-refractivity contribution in [3.05, 3.63) is 11.3 Å². The van der Waals surface area contributed by atoms with Crippen molar-refractivity contribution < 1.29 is 0 Å². The van der Waals surface area contributed by atoms with E-state index in [1.165, 1.54) is 0 Å². The fraction of sp³-hybridized carbons (Fsp3) is 0.636. The Morgan fingerprint density at radius 1 is 1.57 bits per heavy atom. The summed E-state index contributed by atoms with van der Waals surface area (Å²) in [4.78, 5) is 4.08. The first-order valence-electron chi connectivity index (χ1n) is 4.90. The van der Waals surface area contributed by atoms with Gasteiger partial charge in [0.2, 0.25) is 0 Å². The quantitative estimate of drug-likeness (QED) is 0.724. The zero-order chi connectivity index (χ0) is 10.6. The lowest BCUT2D eigenvalue weighted by Gasteiger charge is -2.22. The van der Waals surface area contributed by atoms with Crippen molar-refractivity contribution in [2.45, 2.75) is 27.2 Å². The van der Waals surface area contributed by atoms with Gasteiger partial charge in [0.1, 0.15) is 6.07 Å². The SMILES string of the molecule is CC(C)(C)CNC1=C(C#N)C=NCC1. The van der Waals surface area contributed by atoms with E-state index >= 15 is 0 Å². The number of dihydropyridines is 1. The molecule has 1 N–H and O–H groups in total. The molecule has 0 amide bonds. The maximum Gasteiger partial charge on any atom is 0.103 e. The molecule has 0 spiro atoms. The van der Waals surface area contributed by atoms with Gasteiger partial charge in [-0.05, 0) is 5.41 Å². The molecular formula is C11H17N3. The lowest BCUT2D eigenvalue weighted by Crippen LogP contribution is -2.28. The molecule has 3 heteroatoms. The van der Waals surface area contributed by atoms with Gasteiger partial charge in [-0.1, -0.05) is 20.8 Å². The maximum absolute atomic E-state index is 8.85. The van der Waals surface area contributed by atoms with Gasteiger partial charge in [0.25, 0.3) is 0 Å². The van der Waals surface area contributed by atoms with Gasteiger partial charge < -0.3 is 5.32 Å². The lowest BCUT2D eigenvalue weighted by atomic mass is 9.96. The summed E-state index contributed by atoms with van der Waals surface area (Å²) in [6.07, 6.45) is 2.52. The maximum atomic E-state index is 8.85. The second-order valence-electron chi connectivity index (χ2n) is 4.70. The molecule has 0 aromatic heterocycles. The minimum Gasteiger partial charge on any atom is -0.387 e. The van der Waals surface area contributed by atoms with Crippen molar-refractivity contribution in [2.75, 3.05) is 13.1 Å². The Balaban J connectivity index is 2.63. The second kappa shape index (κ2) is 4.28. The highest BCUT2D eigenvalue weighted by Gasteiger charge is 2.13. The van der Waals surface area contributed by atoms with Crippen LogP contribution in [-0.2, 0) is 0 Å². The Morgan fingerprint density at radius 2 is 2.29 bits per heavy atom. The van der Waals surface area contributed by atoms with Crippen LogP contribution in [0.4, 0.5) is 0 Å². The molecule has 0 saturated carbocycles. The number of nitrogens with zero attached hydrogens (tertiary/aromatic N) is 2. The molecule has 0 atom stereocenters. The minimum absolute atomic E-state index is 0.238. The molecule has 0 fully saturated rings. The average molecular weight is 191 g/mol. The molecule has 1 aliphatic rings. The van der Waals surface area contributed by atoms with E-state index in [0.29, 0.717) is 5.57 Å². The molecule has 1 rings (SSSR count). The van der Waals surface area contributed by atoms with Gasteiger partial charge in [0.05, 0.1) is 5.57 Å². The van der Waals surface area contributed by atoms with Gasteiger partial charge in [-0.2, -0.15) is 5.26 Å². The third kappa shape index (κ3) is 3.21. The highest BCUT2D eigenvalue weighted by atomic mass is 14.9. The highest BCUT2D eigenvalue weighted by molar-refractivity contribution is 5.85. The minimum atomic E-state index is 0.238. The van der Waals surface area contributed by atoms with Crippen LogP contribution >= 0.6 is 0 Å². The van der Waals surface area contributed by atoms with E-state index < -0.39 is 0 Å². The van der Waals surface area contributed by atoms with E-state index in [0.717, 1.165) is 25.2 Å². The van der Waals surface area contributed by atoms with Crippen molar-refractivity contribution >= 4 is 6.21 Å². The number of rotatable bonds is 2. The summed E-state index contributed by atoms with van der Waals surface area (Å²) in [5, 5.41) is 12.2. The molecule has 1 aliphatic heterocycles. The van der Waals surface area contributed by atoms with Gasteiger partial charge in [0.15, 0.2) is 0 Å². The lowest BCUT2D eigenvalue weighted by molar-refractivity contribution is 0.394. The number of hydrogen-bond acceptors (Lipinski definition) is 3. The smallest absolute Gasteiger partial charge is 0.103 e. The van der Waals surface area contributed by atoms with Crippen LogP contribution in [-0.4, -0.2) is 19.3 Å². The van der Waals surface area contributed by atoms with Gasteiger partial charge in [-0.25, -0.2) is 0 Å². The van der Waals surface area contributed by atoms with Crippen LogP contribution in [0.1, 0.15) is 27.2 Å². The third-order valence-electron chi connectivity index (χ3n) is 1.99. The molecule has 1 heterocycles. The molecule has 0 bridgehead atoms. The molecule has 0 saturated heterocycles. The van der Waals surface area contributed by atoms with Crippen molar-refractivity contribution in [1.82, 2.24) is 5.32 Å². The van der Waals surface area contributed by atoms with Crippen molar-refractivity contribution in [3.8, 4) is 6.07 Å². The summed E-state index contributed by atoms with van der Waals surface area (Å²) < 4.78 is 0. The molecular weight excluding hydrogens is 174 g/mol. The predicted molar refractivity (Wildman–Crippen MR) is 58.1 cm³/mol. The van der Waals surface area contributed by atoms with E-state index in [9.17, 15) is 0 Å². The molecule has 0 aromatic rings. The molecule has 0 unspecified atom stereocenters. The van der Waals surface area contributed by atoms with Crippen molar-refractivity contribution in [3.63, 3.8) is 0 Å². The first-order valence-corrected chi connectivity index (χ1v) is 4.90. The topological polar surface area (TPSA) is 48.2 Å². The first kappa shape index (κ1) is 10.8. The Morgan fingerprint density at radius 3 is 2.86 bits per heavy atom. The predicted octanol–water partition coefficient (Wildman–Crippen LogP) is 1.87. The normalized spacial score (nSPS) is 16.7. The number of allylic oxidation sites excluding steroid dienone is 1. The molecule has 76 valence electrons. The number of nitrogens with one attached hydrogen (secondary N) is 1. The molecule has 0 radical (unpaired) electrons. The van der Waals surface area contributed by atoms with E-state index in [4.69, 9.17) is 5.26 Å². The number of aliphatic imine (C=N–C) groups is 1. The van der Waals surface area contributed by atoms with Gasteiger partial charge in [-0.15, -0.1) is 0 Å². The van der Waals surface area contributed by atoms with Gasteiger partial charge in [-0.3, -0.25) is 4.99 Å². The largest absolute Gasteiger partial charge is 0.387 e. The summed E-state index contributed by atoms with van der Waals surface area (Å²) in [5.74, 6) is 0. The van der Waals surface area contributed by atoms with Crippen molar-refractivity contribution in [1.29, 1.82) is 5.26 Å². The third-order valence-corrected chi connectivity index (χ3v) is 1.99. The molecule has 0 aromatic carbocycles. The van der Waals surface area contributed by atoms with Crippen molar-refractivity contribution in [2.24, 2.45) is 10.4 Å². The van der Waals surface area contributed by atoms with Gasteiger partial charge >= 0.3 is 0 Å². The van der Waals surface area contributed by atoms with Crippen LogP contribution < -0.4 is 5.32 Å². The molecule has 14 heavy (non-hydrogen) atoms. The van der Waals surface area contributed by atoms with E-state index in [2.05, 4.69) is 37.1 Å². The zero-order valence-electron chi connectivity index (χ0n) is 9.09. The first-order chi connectivity index (χ1) is 6.53. The molecule has 0 aliphatic carbocycles. The Labute approximate surface area is 85.5 Å². The average Bonchev–Trinajstić information content (AvgIpc) is 2.14. The van der Waals surface area contributed by atoms with Crippen LogP contribution in [0, 0.1) is 16.7 Å². The monoisotopic (exact) mass is 191 g/mol. The second-order valence-corrected chi connectivity index (χ2v) is 4.70. The van der Waals surface area contributed by atoms with Gasteiger partial charge in [0, 0.05) is 31.4 Å². The zero-order valence-corrected chi connectivity index (χ0v) is 9.09. The number of hydrogen-bond donors (Lipinski definition) is 1. The Hall–Kier alpha value is -1.30. The van der Waals surface area contributed by atoms with E-state index in [1.54, 1.807) is 6.21 Å². The summed E-state index contributed by atoms with van der Waals surface area (Å²) in [6.45, 7) is 8.19. The summed E-state index contributed by atoms with van der Waals surface area (Å²) in [7, 11) is 0. The van der Waals surface area contributed by atoms with Crippen LogP contribution in [0.2, 0.25) is 0 Å². The van der Waals surface area contributed by atoms with E-state index in [1.807, 2.05) is 0 Å². The fourth-order valence-electron chi connectivity index (χ4n) is 1.20. The molecule has 3 nitrogen and oxygen atoms in total. The number of nitriles is 1. The van der Waals surface area contributed by atoms with Crippen LogP contribution in [0.25, 0.3) is 0 Å². The van der Waals surface area contributed by atoms with Crippen LogP contribution in [0.3, 0.4) is 0 Å².